The molecular formula is C28H35FO4. The highest BCUT2D eigenvalue weighted by Gasteiger charge is 2.51. The van der Waals surface area contributed by atoms with Gasteiger partial charge in [-0.05, 0) is 99.5 Å². The second kappa shape index (κ2) is 8.09. The maximum Gasteiger partial charge on any atom is 0.307 e. The van der Waals surface area contributed by atoms with Gasteiger partial charge in [0.25, 0.3) is 0 Å². The fourth-order valence-electron chi connectivity index (χ4n) is 8.24. The van der Waals surface area contributed by atoms with E-state index in [0.29, 0.717) is 31.1 Å². The van der Waals surface area contributed by atoms with Crippen LogP contribution in [0.15, 0.2) is 12.1 Å². The van der Waals surface area contributed by atoms with E-state index in [9.17, 15) is 14.7 Å². The predicted molar refractivity (Wildman–Crippen MR) is 122 cm³/mol. The summed E-state index contributed by atoms with van der Waals surface area (Å²) in [6, 6.07) is 3.14. The molecule has 0 spiro atoms. The zero-order chi connectivity index (χ0) is 22.7. The van der Waals surface area contributed by atoms with E-state index >= 15 is 4.39 Å². The molecule has 7 rings (SSSR count). The van der Waals surface area contributed by atoms with Gasteiger partial charge in [-0.3, -0.25) is 9.59 Å². The van der Waals surface area contributed by atoms with Crippen molar-refractivity contribution in [2.24, 2.45) is 35.0 Å². The highest BCUT2D eigenvalue weighted by molar-refractivity contribution is 6.00. The second-order valence-electron chi connectivity index (χ2n) is 12.1. The number of rotatable bonds is 7. The normalized spacial score (nSPS) is 37.2. The van der Waals surface area contributed by atoms with Crippen LogP contribution in [0.25, 0.3) is 0 Å². The molecule has 6 saturated carbocycles. The summed E-state index contributed by atoms with van der Waals surface area (Å²) in [6.45, 7) is 0.659. The van der Waals surface area contributed by atoms with Crippen LogP contribution in [0, 0.1) is 40.8 Å². The van der Waals surface area contributed by atoms with Gasteiger partial charge >= 0.3 is 5.97 Å². The number of carbonyl (C=O) groups is 2. The zero-order valence-electron chi connectivity index (χ0n) is 19.4. The molecule has 4 bridgehead atoms. The molecule has 1 aromatic carbocycles. The number of ketones is 1. The maximum absolute atomic E-state index is 15.3. The summed E-state index contributed by atoms with van der Waals surface area (Å²) in [5.41, 5.74) is 1.27. The van der Waals surface area contributed by atoms with Gasteiger partial charge in [-0.2, -0.15) is 0 Å². The number of carbonyl (C=O) groups excluding carboxylic acids is 1. The van der Waals surface area contributed by atoms with Gasteiger partial charge < -0.3 is 9.84 Å². The topological polar surface area (TPSA) is 63.6 Å². The van der Waals surface area contributed by atoms with Crippen molar-refractivity contribution in [2.45, 2.75) is 83.0 Å². The minimum atomic E-state index is -0.939. The molecule has 4 nitrogen and oxygen atoms in total. The summed E-state index contributed by atoms with van der Waals surface area (Å²) in [6.07, 6.45) is 12.6. The zero-order valence-corrected chi connectivity index (χ0v) is 19.4. The fraction of sp³-hybridized carbons (Fsp3) is 0.714. The van der Waals surface area contributed by atoms with E-state index in [1.54, 1.807) is 6.07 Å². The van der Waals surface area contributed by atoms with Crippen molar-refractivity contribution in [1.29, 1.82) is 0 Å². The van der Waals surface area contributed by atoms with Gasteiger partial charge in [-0.25, -0.2) is 4.39 Å². The standard InChI is InChI=1S/C28H35FO4/c29-24-11-25(33-15-28-12-16-7-17(13-28)9-18(8-16)14-28)22(19-5-6-19)10-23(24)26(30)20-3-1-2-4-21(20)27(31)32/h10-11,16-21H,1-9,12-15H2,(H,31,32). The van der Waals surface area contributed by atoms with Gasteiger partial charge in [-0.1, -0.05) is 12.8 Å². The molecule has 0 amide bonds. The van der Waals surface area contributed by atoms with Gasteiger partial charge in [0.1, 0.15) is 11.6 Å². The van der Waals surface area contributed by atoms with E-state index < -0.39 is 23.6 Å². The first-order chi connectivity index (χ1) is 15.9. The predicted octanol–water partition coefficient (Wildman–Crippen LogP) is 6.37. The quantitative estimate of drug-likeness (QED) is 0.486. The van der Waals surface area contributed by atoms with Crippen molar-refractivity contribution < 1.29 is 23.8 Å². The lowest BCUT2D eigenvalue weighted by molar-refractivity contribution is -0.144. The molecule has 6 fully saturated rings. The summed E-state index contributed by atoms with van der Waals surface area (Å²) >= 11 is 0. The van der Waals surface area contributed by atoms with Crippen molar-refractivity contribution in [3.8, 4) is 5.75 Å². The van der Waals surface area contributed by atoms with Crippen LogP contribution in [0.4, 0.5) is 4.39 Å². The Kier molecular flexibility index (Phi) is 5.30. The number of hydrogen-bond donors (Lipinski definition) is 1. The Morgan fingerprint density at radius 1 is 0.939 bits per heavy atom. The Labute approximate surface area is 195 Å². The van der Waals surface area contributed by atoms with E-state index in [1.807, 2.05) is 0 Å². The lowest BCUT2D eigenvalue weighted by atomic mass is 9.50. The first-order valence-corrected chi connectivity index (χ1v) is 13.1. The molecule has 0 aliphatic heterocycles. The molecule has 2 unspecified atom stereocenters. The molecule has 0 saturated heterocycles. The molecule has 0 heterocycles. The third-order valence-corrected chi connectivity index (χ3v) is 9.50. The van der Waals surface area contributed by atoms with Crippen LogP contribution in [0.3, 0.4) is 0 Å². The van der Waals surface area contributed by atoms with Crippen LogP contribution in [0.5, 0.6) is 5.75 Å². The number of aliphatic carboxylic acids is 1. The number of hydrogen-bond acceptors (Lipinski definition) is 3. The van der Waals surface area contributed by atoms with E-state index in [0.717, 1.165) is 49.0 Å². The molecule has 0 radical (unpaired) electrons. The van der Waals surface area contributed by atoms with Gasteiger partial charge in [0, 0.05) is 17.4 Å². The average Bonchev–Trinajstić information content (AvgIpc) is 3.62. The van der Waals surface area contributed by atoms with E-state index in [1.165, 1.54) is 44.6 Å². The van der Waals surface area contributed by atoms with Crippen molar-refractivity contribution in [3.05, 3.63) is 29.1 Å². The van der Waals surface area contributed by atoms with Crippen molar-refractivity contribution >= 4 is 11.8 Å². The number of benzene rings is 1. The number of Topliss-reactive ketones (excluding diaryl/α,β-unsaturated/α-hetero) is 1. The van der Waals surface area contributed by atoms with Crippen LogP contribution in [-0.4, -0.2) is 23.5 Å². The molecule has 6 aliphatic rings. The van der Waals surface area contributed by atoms with Crippen molar-refractivity contribution in [3.63, 3.8) is 0 Å². The number of halogens is 1. The van der Waals surface area contributed by atoms with Gasteiger partial charge in [0.2, 0.25) is 0 Å². The third-order valence-electron chi connectivity index (χ3n) is 9.50. The molecule has 6 aliphatic carbocycles. The molecule has 5 heteroatoms. The minimum absolute atomic E-state index is 0.0669. The molecule has 1 N–H and O–H groups in total. The monoisotopic (exact) mass is 454 g/mol. The largest absolute Gasteiger partial charge is 0.493 e. The maximum atomic E-state index is 15.3. The van der Waals surface area contributed by atoms with E-state index in [2.05, 4.69) is 0 Å². The fourth-order valence-corrected chi connectivity index (χ4v) is 8.24. The Balaban J connectivity index is 1.24. The molecular weight excluding hydrogens is 419 g/mol. The number of carboxylic acid groups (broad SMARTS) is 1. The van der Waals surface area contributed by atoms with Crippen LogP contribution in [-0.2, 0) is 4.79 Å². The molecule has 0 aromatic heterocycles. The van der Waals surface area contributed by atoms with Crippen molar-refractivity contribution in [2.75, 3.05) is 6.61 Å². The molecule has 178 valence electrons. The van der Waals surface area contributed by atoms with Gasteiger partial charge in [-0.15, -0.1) is 0 Å². The molecule has 2 atom stereocenters. The van der Waals surface area contributed by atoms with Crippen molar-refractivity contribution in [1.82, 2.24) is 0 Å². The minimum Gasteiger partial charge on any atom is -0.493 e. The summed E-state index contributed by atoms with van der Waals surface area (Å²) < 4.78 is 21.7. The van der Waals surface area contributed by atoms with Crippen LogP contribution < -0.4 is 4.74 Å². The van der Waals surface area contributed by atoms with Crippen LogP contribution >= 0.6 is 0 Å². The first kappa shape index (κ1) is 21.6. The van der Waals surface area contributed by atoms with Gasteiger partial charge in [0.05, 0.1) is 18.1 Å². The Morgan fingerprint density at radius 2 is 1.55 bits per heavy atom. The molecule has 1 aromatic rings. The lowest BCUT2D eigenvalue weighted by Gasteiger charge is -2.56. The average molecular weight is 455 g/mol. The highest BCUT2D eigenvalue weighted by atomic mass is 19.1. The van der Waals surface area contributed by atoms with Crippen LogP contribution in [0.1, 0.15) is 98.9 Å². The number of carboxylic acids is 1. The SMILES string of the molecule is O=C(O)C1CCCCC1C(=O)c1cc(C2CC2)c(OCC23CC4CC(CC(C4)C2)C3)cc1F. The van der Waals surface area contributed by atoms with E-state index in [-0.39, 0.29) is 16.8 Å². The summed E-state index contributed by atoms with van der Waals surface area (Å²) in [4.78, 5) is 25.0. The molecule has 33 heavy (non-hydrogen) atoms. The summed E-state index contributed by atoms with van der Waals surface area (Å²) in [7, 11) is 0. The Bertz CT molecular complexity index is 930. The lowest BCUT2D eigenvalue weighted by Crippen LogP contribution is -2.48. The van der Waals surface area contributed by atoms with Gasteiger partial charge in [0.15, 0.2) is 5.78 Å². The smallest absolute Gasteiger partial charge is 0.307 e. The first-order valence-electron chi connectivity index (χ1n) is 13.1. The summed E-state index contributed by atoms with van der Waals surface area (Å²) in [5.74, 6) is 0.302. The Hall–Kier alpha value is -1.91. The second-order valence-corrected chi connectivity index (χ2v) is 12.1. The summed E-state index contributed by atoms with van der Waals surface area (Å²) in [5, 5.41) is 9.59. The Morgan fingerprint density at radius 3 is 2.12 bits per heavy atom. The number of ether oxygens (including phenoxy) is 1. The highest BCUT2D eigenvalue weighted by Crippen LogP contribution is 2.60. The van der Waals surface area contributed by atoms with E-state index in [4.69, 9.17) is 4.74 Å². The van der Waals surface area contributed by atoms with Crippen LogP contribution in [0.2, 0.25) is 0 Å². The third kappa shape index (κ3) is 4.00.